The van der Waals surface area contributed by atoms with Crippen molar-refractivity contribution >= 4 is 17.4 Å². The van der Waals surface area contributed by atoms with Gasteiger partial charge in [0.25, 0.3) is 0 Å². The van der Waals surface area contributed by atoms with Crippen molar-refractivity contribution in [1.82, 2.24) is 19.7 Å². The van der Waals surface area contributed by atoms with Gasteiger partial charge in [-0.05, 0) is 64.2 Å². The van der Waals surface area contributed by atoms with Crippen molar-refractivity contribution in [3.63, 3.8) is 0 Å². The number of nitrogens with zero attached hydrogens (tertiary/aromatic N) is 5. The van der Waals surface area contributed by atoms with E-state index in [0.717, 1.165) is 47.4 Å². The Hall–Kier alpha value is -3.22. The van der Waals surface area contributed by atoms with Gasteiger partial charge in [-0.15, -0.1) is 0 Å². The Morgan fingerprint density at radius 2 is 1.71 bits per heavy atom. The van der Waals surface area contributed by atoms with Gasteiger partial charge in [0.05, 0.1) is 5.69 Å². The predicted molar refractivity (Wildman–Crippen MR) is 123 cm³/mol. The number of anilines is 2. The van der Waals surface area contributed by atoms with E-state index in [9.17, 15) is 4.79 Å². The third kappa shape index (κ3) is 4.93. The average Bonchev–Trinajstić information content (AvgIpc) is 3.08. The summed E-state index contributed by atoms with van der Waals surface area (Å²) in [4.78, 5) is 23.7. The summed E-state index contributed by atoms with van der Waals surface area (Å²) in [5.41, 5.74) is 5.04. The van der Waals surface area contributed by atoms with Gasteiger partial charge < -0.3 is 10.2 Å². The summed E-state index contributed by atoms with van der Waals surface area (Å²) in [5.74, 6) is 1.73. The fourth-order valence-corrected chi connectivity index (χ4v) is 4.11. The predicted octanol–water partition coefficient (Wildman–Crippen LogP) is 4.15. The summed E-state index contributed by atoms with van der Waals surface area (Å²) in [7, 11) is 0. The number of amides is 1. The third-order valence-electron chi connectivity index (χ3n) is 5.91. The summed E-state index contributed by atoms with van der Waals surface area (Å²) in [5, 5.41) is 7.68. The molecular formula is C24H30N6O. The van der Waals surface area contributed by atoms with Crippen LogP contribution in [-0.4, -0.2) is 38.7 Å². The molecule has 1 aromatic carbocycles. The number of piperidine rings is 1. The molecular weight excluding hydrogens is 388 g/mol. The van der Waals surface area contributed by atoms with E-state index < -0.39 is 0 Å². The fourth-order valence-electron chi connectivity index (χ4n) is 4.11. The summed E-state index contributed by atoms with van der Waals surface area (Å²) in [6, 6.07) is 9.86. The normalized spacial score (nSPS) is 14.0. The lowest BCUT2D eigenvalue weighted by Gasteiger charge is -2.27. The molecule has 0 bridgehead atoms. The van der Waals surface area contributed by atoms with Gasteiger partial charge in [-0.25, -0.2) is 14.6 Å². The summed E-state index contributed by atoms with van der Waals surface area (Å²) in [6.07, 6.45) is 6.35. The highest BCUT2D eigenvalue weighted by Gasteiger charge is 2.17. The van der Waals surface area contributed by atoms with E-state index in [1.165, 1.54) is 24.8 Å². The second-order valence-electron chi connectivity index (χ2n) is 8.26. The van der Waals surface area contributed by atoms with Gasteiger partial charge in [-0.2, -0.15) is 5.10 Å². The molecule has 1 saturated heterocycles. The van der Waals surface area contributed by atoms with Crippen molar-refractivity contribution in [3.8, 4) is 5.82 Å². The monoisotopic (exact) mass is 418 g/mol. The number of benzene rings is 1. The third-order valence-corrected chi connectivity index (χ3v) is 5.91. The molecule has 1 amide bonds. The average molecular weight is 419 g/mol. The molecule has 3 aromatic rings. The standard InChI is InChI=1S/C24H30N6O/c1-17-7-9-20(10-8-17)27-24(31)12-11-21-18(2)28-30(19(21)3)23-15-22(25-16-26-23)29-13-5-4-6-14-29/h7-10,15-16H,4-6,11-14H2,1-3H3,(H,27,31). The smallest absolute Gasteiger partial charge is 0.224 e. The van der Waals surface area contributed by atoms with Crippen molar-refractivity contribution in [2.75, 3.05) is 23.3 Å². The Morgan fingerprint density at radius 1 is 1.00 bits per heavy atom. The van der Waals surface area contributed by atoms with Gasteiger partial charge in [-0.1, -0.05) is 17.7 Å². The molecule has 0 spiro atoms. The van der Waals surface area contributed by atoms with Crippen LogP contribution in [0.2, 0.25) is 0 Å². The van der Waals surface area contributed by atoms with Crippen LogP contribution in [0.15, 0.2) is 36.7 Å². The van der Waals surface area contributed by atoms with Crippen LogP contribution >= 0.6 is 0 Å². The molecule has 7 heteroatoms. The molecule has 4 rings (SSSR count). The summed E-state index contributed by atoms with van der Waals surface area (Å²) in [6.45, 7) is 8.13. The van der Waals surface area contributed by atoms with Crippen LogP contribution in [0, 0.1) is 20.8 Å². The van der Waals surface area contributed by atoms with Gasteiger partial charge in [0.15, 0.2) is 5.82 Å². The molecule has 31 heavy (non-hydrogen) atoms. The van der Waals surface area contributed by atoms with Crippen molar-refractivity contribution in [1.29, 1.82) is 0 Å². The fraction of sp³-hybridized carbons (Fsp3) is 0.417. The van der Waals surface area contributed by atoms with Crippen LogP contribution in [0.25, 0.3) is 5.82 Å². The Bertz CT molecular complexity index is 1050. The minimum atomic E-state index is 0.00447. The minimum absolute atomic E-state index is 0.00447. The number of nitrogens with one attached hydrogen (secondary N) is 1. The van der Waals surface area contributed by atoms with E-state index >= 15 is 0 Å². The van der Waals surface area contributed by atoms with Gasteiger partial charge in [-0.3, -0.25) is 4.79 Å². The lowest BCUT2D eigenvalue weighted by Crippen LogP contribution is -2.30. The van der Waals surface area contributed by atoms with E-state index in [-0.39, 0.29) is 5.91 Å². The first-order chi connectivity index (χ1) is 15.0. The zero-order valence-electron chi connectivity index (χ0n) is 18.6. The first kappa shape index (κ1) is 21.0. The van der Waals surface area contributed by atoms with Gasteiger partial charge in [0.1, 0.15) is 12.1 Å². The first-order valence-electron chi connectivity index (χ1n) is 11.0. The lowest BCUT2D eigenvalue weighted by atomic mass is 10.1. The topological polar surface area (TPSA) is 75.9 Å². The van der Waals surface area contributed by atoms with E-state index in [2.05, 4.69) is 20.2 Å². The van der Waals surface area contributed by atoms with Crippen LogP contribution in [0.1, 0.15) is 48.2 Å². The largest absolute Gasteiger partial charge is 0.356 e. The molecule has 1 aliphatic rings. The van der Waals surface area contributed by atoms with Crippen molar-refractivity contribution in [3.05, 3.63) is 59.2 Å². The van der Waals surface area contributed by atoms with Crippen LogP contribution in [0.3, 0.4) is 0 Å². The molecule has 2 aromatic heterocycles. The van der Waals surface area contributed by atoms with E-state index in [1.54, 1.807) is 6.33 Å². The number of hydrogen-bond donors (Lipinski definition) is 1. The van der Waals surface area contributed by atoms with Crippen LogP contribution < -0.4 is 10.2 Å². The Kier molecular flexibility index (Phi) is 6.30. The van der Waals surface area contributed by atoms with Crippen molar-refractivity contribution in [2.24, 2.45) is 0 Å². The van der Waals surface area contributed by atoms with Gasteiger partial charge in [0, 0.05) is 37.0 Å². The zero-order chi connectivity index (χ0) is 21.8. The quantitative estimate of drug-likeness (QED) is 0.651. The Balaban J connectivity index is 1.46. The molecule has 0 radical (unpaired) electrons. The van der Waals surface area contributed by atoms with Gasteiger partial charge >= 0.3 is 0 Å². The number of carbonyl (C=O) groups excluding carboxylic acids is 1. The number of aromatic nitrogens is 4. The maximum atomic E-state index is 12.4. The highest BCUT2D eigenvalue weighted by Crippen LogP contribution is 2.22. The van der Waals surface area contributed by atoms with E-state index in [0.29, 0.717) is 12.8 Å². The molecule has 1 N–H and O–H groups in total. The molecule has 1 aliphatic heterocycles. The van der Waals surface area contributed by atoms with Crippen molar-refractivity contribution < 1.29 is 4.79 Å². The maximum absolute atomic E-state index is 12.4. The second-order valence-corrected chi connectivity index (χ2v) is 8.26. The lowest BCUT2D eigenvalue weighted by molar-refractivity contribution is -0.116. The summed E-state index contributed by atoms with van der Waals surface area (Å²) < 4.78 is 1.87. The van der Waals surface area contributed by atoms with Gasteiger partial charge in [0.2, 0.25) is 5.91 Å². The highest BCUT2D eigenvalue weighted by atomic mass is 16.1. The van der Waals surface area contributed by atoms with E-state index in [1.807, 2.05) is 55.8 Å². The number of rotatable bonds is 6. The molecule has 0 saturated carbocycles. The maximum Gasteiger partial charge on any atom is 0.224 e. The molecule has 0 aliphatic carbocycles. The first-order valence-corrected chi connectivity index (χ1v) is 11.0. The van der Waals surface area contributed by atoms with Crippen LogP contribution in [0.4, 0.5) is 11.5 Å². The highest BCUT2D eigenvalue weighted by molar-refractivity contribution is 5.90. The van der Waals surface area contributed by atoms with Crippen LogP contribution in [-0.2, 0) is 11.2 Å². The van der Waals surface area contributed by atoms with Crippen LogP contribution in [0.5, 0.6) is 0 Å². The van der Waals surface area contributed by atoms with E-state index in [4.69, 9.17) is 5.10 Å². The molecule has 3 heterocycles. The number of carbonyl (C=O) groups is 1. The minimum Gasteiger partial charge on any atom is -0.356 e. The molecule has 7 nitrogen and oxygen atoms in total. The Morgan fingerprint density at radius 3 is 2.45 bits per heavy atom. The molecule has 0 unspecified atom stereocenters. The second kappa shape index (κ2) is 9.29. The summed E-state index contributed by atoms with van der Waals surface area (Å²) >= 11 is 0. The molecule has 162 valence electrons. The van der Waals surface area contributed by atoms with Crippen molar-refractivity contribution in [2.45, 2.75) is 52.9 Å². The Labute approximate surface area is 183 Å². The molecule has 0 atom stereocenters. The number of hydrogen-bond acceptors (Lipinski definition) is 5. The SMILES string of the molecule is Cc1ccc(NC(=O)CCc2c(C)nn(-c3cc(N4CCCCC4)ncn3)c2C)cc1. The number of aryl methyl sites for hydroxylation is 2. The molecule has 1 fully saturated rings. The zero-order valence-corrected chi connectivity index (χ0v) is 18.6.